The molecule has 2 aromatic carbocycles. The molecule has 2 amide bonds. The molecule has 2 aliphatic heterocycles. The van der Waals surface area contributed by atoms with Crippen molar-refractivity contribution in [2.24, 2.45) is 5.92 Å². The van der Waals surface area contributed by atoms with Crippen molar-refractivity contribution in [3.63, 3.8) is 0 Å². The average molecular weight is 420 g/mol. The Bertz CT molecular complexity index is 970. The fourth-order valence-corrected chi connectivity index (χ4v) is 5.15. The Morgan fingerprint density at radius 1 is 1.00 bits per heavy atom. The molecule has 3 N–H and O–H groups in total. The minimum absolute atomic E-state index is 0.0260. The highest BCUT2D eigenvalue weighted by Crippen LogP contribution is 2.35. The van der Waals surface area contributed by atoms with Crippen LogP contribution in [0.4, 0.5) is 5.69 Å². The number of benzene rings is 2. The van der Waals surface area contributed by atoms with Crippen molar-refractivity contribution in [1.29, 1.82) is 0 Å². The van der Waals surface area contributed by atoms with Crippen molar-refractivity contribution in [2.75, 3.05) is 25.1 Å². The molecule has 2 heterocycles. The highest BCUT2D eigenvalue weighted by Gasteiger charge is 2.37. The molecule has 31 heavy (non-hydrogen) atoms. The first-order valence-electron chi connectivity index (χ1n) is 11.3. The van der Waals surface area contributed by atoms with Gasteiger partial charge in [0.15, 0.2) is 0 Å². The number of nitrogens with one attached hydrogen (secondary N) is 3. The number of para-hydroxylation sites is 1. The molecule has 0 radical (unpaired) electrons. The molecule has 2 unspecified atom stereocenters. The van der Waals surface area contributed by atoms with Gasteiger partial charge in [0.2, 0.25) is 11.8 Å². The maximum atomic E-state index is 13.3. The highest BCUT2D eigenvalue weighted by atomic mass is 16.5. The normalized spacial score (nSPS) is 25.4. The zero-order valence-electron chi connectivity index (χ0n) is 17.6. The van der Waals surface area contributed by atoms with Crippen LogP contribution in [0, 0.1) is 5.92 Å². The Hall–Kier alpha value is -2.70. The number of hydrogen-bond acceptors (Lipinski definition) is 4. The summed E-state index contributed by atoms with van der Waals surface area (Å²) in [6, 6.07) is 16.1. The molecule has 0 bridgehead atoms. The molecule has 1 fully saturated rings. The zero-order chi connectivity index (χ0) is 21.2. The van der Waals surface area contributed by atoms with E-state index >= 15 is 0 Å². The van der Waals surface area contributed by atoms with E-state index in [1.165, 1.54) is 11.1 Å². The molecule has 0 spiro atoms. The van der Waals surface area contributed by atoms with Crippen molar-refractivity contribution in [1.82, 2.24) is 10.6 Å². The van der Waals surface area contributed by atoms with Crippen LogP contribution in [0.3, 0.4) is 0 Å². The van der Waals surface area contributed by atoms with Crippen LogP contribution in [-0.4, -0.2) is 37.6 Å². The molecule has 3 aliphatic rings. The van der Waals surface area contributed by atoms with Gasteiger partial charge < -0.3 is 20.7 Å². The van der Waals surface area contributed by atoms with E-state index < -0.39 is 5.92 Å². The first-order chi connectivity index (χ1) is 15.2. The maximum absolute atomic E-state index is 13.3. The summed E-state index contributed by atoms with van der Waals surface area (Å²) in [7, 11) is 0. The third kappa shape index (κ3) is 4.23. The van der Waals surface area contributed by atoms with Gasteiger partial charge in [0.05, 0.1) is 18.0 Å². The van der Waals surface area contributed by atoms with Gasteiger partial charge in [-0.3, -0.25) is 9.59 Å². The van der Waals surface area contributed by atoms with Gasteiger partial charge >= 0.3 is 0 Å². The molecule has 1 aliphatic carbocycles. The summed E-state index contributed by atoms with van der Waals surface area (Å²) in [6.07, 6.45) is 3.13. The molecule has 3 atom stereocenters. The van der Waals surface area contributed by atoms with Gasteiger partial charge in [-0.2, -0.15) is 0 Å². The molecule has 6 nitrogen and oxygen atoms in total. The fourth-order valence-electron chi connectivity index (χ4n) is 5.15. The first kappa shape index (κ1) is 20.2. The third-order valence-electron chi connectivity index (χ3n) is 6.84. The molecule has 0 saturated carbocycles. The Morgan fingerprint density at radius 3 is 2.58 bits per heavy atom. The van der Waals surface area contributed by atoms with Crippen LogP contribution >= 0.6 is 0 Å². The predicted octanol–water partition coefficient (Wildman–Crippen LogP) is 2.91. The molecule has 5 rings (SSSR count). The third-order valence-corrected chi connectivity index (χ3v) is 6.84. The number of rotatable bonds is 5. The number of ether oxygens (including phenoxy) is 1. The van der Waals surface area contributed by atoms with Crippen molar-refractivity contribution in [3.05, 3.63) is 65.2 Å². The summed E-state index contributed by atoms with van der Waals surface area (Å²) in [5.41, 5.74) is 4.17. The Balaban J connectivity index is 1.32. The minimum Gasteiger partial charge on any atom is -0.381 e. The van der Waals surface area contributed by atoms with E-state index in [9.17, 15) is 9.59 Å². The molecule has 0 aromatic heterocycles. The van der Waals surface area contributed by atoms with E-state index in [0.29, 0.717) is 5.92 Å². The van der Waals surface area contributed by atoms with Crippen molar-refractivity contribution < 1.29 is 14.3 Å². The summed E-state index contributed by atoms with van der Waals surface area (Å²) in [5, 5.41) is 9.91. The maximum Gasteiger partial charge on any atom is 0.228 e. The Kier molecular flexibility index (Phi) is 5.74. The molecule has 162 valence electrons. The fraction of sp³-hybridized carbons (Fsp3) is 0.440. The lowest BCUT2D eigenvalue weighted by Gasteiger charge is -2.30. The molecule has 6 heteroatoms. The van der Waals surface area contributed by atoms with Crippen LogP contribution in [0.1, 0.15) is 47.9 Å². The summed E-state index contributed by atoms with van der Waals surface area (Å²) in [4.78, 5) is 25.5. The number of fused-ring (bicyclic) bond motifs is 2. The van der Waals surface area contributed by atoms with Crippen LogP contribution in [0.5, 0.6) is 0 Å². The first-order valence-corrected chi connectivity index (χ1v) is 11.3. The van der Waals surface area contributed by atoms with Crippen LogP contribution in [0.15, 0.2) is 48.5 Å². The minimum atomic E-state index is -0.454. The number of carbonyl (C=O) groups excluding carboxylic acids is 2. The average Bonchev–Trinajstić information content (AvgIpc) is 3.14. The summed E-state index contributed by atoms with van der Waals surface area (Å²) < 4.78 is 5.49. The van der Waals surface area contributed by atoms with Crippen LogP contribution in [0.2, 0.25) is 0 Å². The SMILES string of the molecule is O=C1CC(C(=O)N[C@H]2Cc3ccccc3C2NCC2CCOCC2)c2ccccc2N1. The summed E-state index contributed by atoms with van der Waals surface area (Å²) >= 11 is 0. The molecule has 2 aromatic rings. The standard InChI is InChI=1S/C25H29N3O3/c29-23-14-20(19-7-3-4-8-21(19)27-23)25(30)28-22-13-17-5-1-2-6-18(17)24(22)26-15-16-9-11-31-12-10-16/h1-8,16,20,22,24,26H,9-15H2,(H,27,29)(H,28,30)/t20?,22-,24?/m0/s1. The number of hydrogen-bond donors (Lipinski definition) is 3. The number of anilines is 1. The second kappa shape index (κ2) is 8.81. The van der Waals surface area contributed by atoms with Crippen LogP contribution in [-0.2, 0) is 20.7 Å². The lowest BCUT2D eigenvalue weighted by Crippen LogP contribution is -2.46. The van der Waals surface area contributed by atoms with Crippen molar-refractivity contribution in [3.8, 4) is 0 Å². The monoisotopic (exact) mass is 419 g/mol. The van der Waals surface area contributed by atoms with E-state index in [0.717, 1.165) is 50.3 Å². The number of amides is 2. The number of carbonyl (C=O) groups is 2. The van der Waals surface area contributed by atoms with Gasteiger partial charge in [-0.15, -0.1) is 0 Å². The second-order valence-electron chi connectivity index (χ2n) is 8.85. The van der Waals surface area contributed by atoms with Gasteiger partial charge in [0, 0.05) is 25.3 Å². The van der Waals surface area contributed by atoms with E-state index in [2.05, 4.69) is 40.2 Å². The van der Waals surface area contributed by atoms with Crippen LogP contribution < -0.4 is 16.0 Å². The van der Waals surface area contributed by atoms with Crippen LogP contribution in [0.25, 0.3) is 0 Å². The lowest BCUT2D eigenvalue weighted by atomic mass is 9.89. The molecular formula is C25H29N3O3. The molecular weight excluding hydrogens is 390 g/mol. The predicted molar refractivity (Wildman–Crippen MR) is 119 cm³/mol. The van der Waals surface area contributed by atoms with Gasteiger partial charge in [-0.1, -0.05) is 42.5 Å². The van der Waals surface area contributed by atoms with Gasteiger partial charge in [0.25, 0.3) is 0 Å². The highest BCUT2D eigenvalue weighted by molar-refractivity contribution is 6.01. The Morgan fingerprint density at radius 2 is 1.74 bits per heavy atom. The van der Waals surface area contributed by atoms with Crippen molar-refractivity contribution >= 4 is 17.5 Å². The summed E-state index contributed by atoms with van der Waals surface area (Å²) in [6.45, 7) is 2.58. The quantitative estimate of drug-likeness (QED) is 0.696. The zero-order valence-corrected chi connectivity index (χ0v) is 17.6. The van der Waals surface area contributed by atoms with Crippen molar-refractivity contribution in [2.45, 2.75) is 43.7 Å². The van der Waals surface area contributed by atoms with Gasteiger partial charge in [-0.25, -0.2) is 0 Å². The largest absolute Gasteiger partial charge is 0.381 e. The topological polar surface area (TPSA) is 79.5 Å². The Labute approximate surface area is 182 Å². The lowest BCUT2D eigenvalue weighted by molar-refractivity contribution is -0.127. The van der Waals surface area contributed by atoms with Gasteiger partial charge in [-0.05, 0) is 54.5 Å². The second-order valence-corrected chi connectivity index (χ2v) is 8.85. The smallest absolute Gasteiger partial charge is 0.228 e. The summed E-state index contributed by atoms with van der Waals surface area (Å²) in [5.74, 6) is -0.0303. The van der Waals surface area contributed by atoms with E-state index in [4.69, 9.17) is 4.74 Å². The van der Waals surface area contributed by atoms with E-state index in [1.54, 1.807) is 0 Å². The van der Waals surface area contributed by atoms with E-state index in [1.807, 2.05) is 24.3 Å². The van der Waals surface area contributed by atoms with E-state index in [-0.39, 0.29) is 30.3 Å². The molecule has 1 saturated heterocycles. The van der Waals surface area contributed by atoms with Gasteiger partial charge in [0.1, 0.15) is 0 Å².